The van der Waals surface area contributed by atoms with E-state index in [2.05, 4.69) is 10.2 Å². The minimum Gasteiger partial charge on any atom is -0.355 e. The van der Waals surface area contributed by atoms with Crippen LogP contribution in [0.4, 0.5) is 0 Å². The maximum atomic E-state index is 11.9. The van der Waals surface area contributed by atoms with Gasteiger partial charge in [0.25, 0.3) is 0 Å². The number of nitrogens with two attached hydrogens (primary N) is 1. The molecular weight excluding hydrogens is 286 g/mol. The maximum absolute atomic E-state index is 11.9. The molecule has 0 bridgehead atoms. The SMILES string of the molecule is CC(N)C1CCN(CC(=O)NCCc2cccc(Cl)c2)C1. The van der Waals surface area contributed by atoms with Crippen LogP contribution in [0.5, 0.6) is 0 Å². The van der Waals surface area contributed by atoms with Crippen LogP contribution in [0.2, 0.25) is 5.02 Å². The van der Waals surface area contributed by atoms with Crippen molar-refractivity contribution < 1.29 is 4.79 Å². The van der Waals surface area contributed by atoms with Crippen molar-refractivity contribution in [2.45, 2.75) is 25.8 Å². The van der Waals surface area contributed by atoms with Crippen molar-refractivity contribution in [2.24, 2.45) is 11.7 Å². The van der Waals surface area contributed by atoms with E-state index in [0.29, 0.717) is 19.0 Å². The summed E-state index contributed by atoms with van der Waals surface area (Å²) in [7, 11) is 0. The summed E-state index contributed by atoms with van der Waals surface area (Å²) in [5, 5.41) is 3.70. The lowest BCUT2D eigenvalue weighted by molar-refractivity contribution is -0.122. The zero-order chi connectivity index (χ0) is 15.2. The Hall–Kier alpha value is -1.10. The fraction of sp³-hybridized carbons (Fsp3) is 0.562. The van der Waals surface area contributed by atoms with Crippen molar-refractivity contribution >= 4 is 17.5 Å². The van der Waals surface area contributed by atoms with Crippen LogP contribution in [0.25, 0.3) is 0 Å². The van der Waals surface area contributed by atoms with Crippen molar-refractivity contribution in [2.75, 3.05) is 26.2 Å². The van der Waals surface area contributed by atoms with Gasteiger partial charge < -0.3 is 11.1 Å². The topological polar surface area (TPSA) is 58.4 Å². The number of benzene rings is 1. The third-order valence-electron chi connectivity index (χ3n) is 4.04. The van der Waals surface area contributed by atoms with E-state index in [1.165, 1.54) is 0 Å². The number of hydrogen-bond acceptors (Lipinski definition) is 3. The molecule has 0 aromatic heterocycles. The van der Waals surface area contributed by atoms with E-state index in [1.807, 2.05) is 31.2 Å². The zero-order valence-electron chi connectivity index (χ0n) is 12.5. The van der Waals surface area contributed by atoms with Crippen LogP contribution < -0.4 is 11.1 Å². The first-order chi connectivity index (χ1) is 10.0. The molecule has 1 aromatic carbocycles. The molecule has 2 rings (SSSR count). The van der Waals surface area contributed by atoms with Gasteiger partial charge in [0, 0.05) is 24.2 Å². The lowest BCUT2D eigenvalue weighted by atomic mass is 10.0. The molecule has 4 nitrogen and oxygen atoms in total. The van der Waals surface area contributed by atoms with Crippen LogP contribution >= 0.6 is 11.6 Å². The smallest absolute Gasteiger partial charge is 0.234 e. The van der Waals surface area contributed by atoms with Gasteiger partial charge in [-0.05, 0) is 49.9 Å². The number of carbonyl (C=O) groups excluding carboxylic acids is 1. The summed E-state index contributed by atoms with van der Waals surface area (Å²) >= 11 is 5.93. The first-order valence-electron chi connectivity index (χ1n) is 7.53. The van der Waals surface area contributed by atoms with Gasteiger partial charge in [-0.2, -0.15) is 0 Å². The fourth-order valence-corrected chi connectivity index (χ4v) is 2.95. The third-order valence-corrected chi connectivity index (χ3v) is 4.28. The summed E-state index contributed by atoms with van der Waals surface area (Å²) in [5.74, 6) is 0.603. The van der Waals surface area contributed by atoms with Crippen LogP contribution in [-0.4, -0.2) is 43.0 Å². The van der Waals surface area contributed by atoms with Gasteiger partial charge in [0.15, 0.2) is 0 Å². The summed E-state index contributed by atoms with van der Waals surface area (Å²) in [5.41, 5.74) is 7.05. The number of amides is 1. The van der Waals surface area contributed by atoms with Crippen LogP contribution in [0.3, 0.4) is 0 Å². The molecule has 1 aliphatic rings. The summed E-state index contributed by atoms with van der Waals surface area (Å²) in [6.07, 6.45) is 1.89. The normalized spacial score (nSPS) is 20.4. The van der Waals surface area contributed by atoms with E-state index >= 15 is 0 Å². The molecule has 1 heterocycles. The Bertz CT molecular complexity index is 478. The first kappa shape index (κ1) is 16.3. The number of nitrogens with one attached hydrogen (secondary N) is 1. The van der Waals surface area contributed by atoms with E-state index < -0.39 is 0 Å². The number of nitrogens with zero attached hydrogens (tertiary/aromatic N) is 1. The molecule has 1 fully saturated rings. The Kier molecular flexibility index (Phi) is 6.03. The van der Waals surface area contributed by atoms with E-state index in [4.69, 9.17) is 17.3 Å². The Morgan fingerprint density at radius 1 is 1.57 bits per heavy atom. The van der Waals surface area contributed by atoms with Crippen LogP contribution in [-0.2, 0) is 11.2 Å². The van der Waals surface area contributed by atoms with Crippen molar-refractivity contribution in [1.82, 2.24) is 10.2 Å². The molecule has 3 N–H and O–H groups in total. The molecule has 2 atom stereocenters. The molecule has 1 amide bonds. The number of hydrogen-bond donors (Lipinski definition) is 2. The van der Waals surface area contributed by atoms with Gasteiger partial charge in [-0.25, -0.2) is 0 Å². The van der Waals surface area contributed by atoms with Gasteiger partial charge in [0.2, 0.25) is 5.91 Å². The van der Waals surface area contributed by atoms with E-state index in [-0.39, 0.29) is 11.9 Å². The van der Waals surface area contributed by atoms with Gasteiger partial charge in [-0.1, -0.05) is 23.7 Å². The van der Waals surface area contributed by atoms with Crippen molar-refractivity contribution in [3.05, 3.63) is 34.9 Å². The highest BCUT2D eigenvalue weighted by Gasteiger charge is 2.26. The van der Waals surface area contributed by atoms with E-state index in [9.17, 15) is 4.79 Å². The van der Waals surface area contributed by atoms with Crippen molar-refractivity contribution in [3.8, 4) is 0 Å². The van der Waals surface area contributed by atoms with Gasteiger partial charge in [-0.3, -0.25) is 9.69 Å². The Balaban J connectivity index is 1.66. The van der Waals surface area contributed by atoms with Crippen molar-refractivity contribution in [1.29, 1.82) is 0 Å². The van der Waals surface area contributed by atoms with Crippen LogP contribution in [0, 0.1) is 5.92 Å². The second kappa shape index (κ2) is 7.78. The predicted molar refractivity (Wildman–Crippen MR) is 86.4 cm³/mol. The average molecular weight is 310 g/mol. The molecule has 1 saturated heterocycles. The van der Waals surface area contributed by atoms with Crippen LogP contribution in [0.15, 0.2) is 24.3 Å². The maximum Gasteiger partial charge on any atom is 0.234 e. The van der Waals surface area contributed by atoms with Gasteiger partial charge in [0.05, 0.1) is 6.54 Å². The molecule has 0 saturated carbocycles. The second-order valence-corrected chi connectivity index (χ2v) is 6.31. The summed E-state index contributed by atoms with van der Waals surface area (Å²) in [6.45, 7) is 5.05. The zero-order valence-corrected chi connectivity index (χ0v) is 13.3. The lowest BCUT2D eigenvalue weighted by Gasteiger charge is -2.17. The molecule has 5 heteroatoms. The standard InChI is InChI=1S/C16H24ClN3O/c1-12(18)14-6-8-20(10-14)11-16(21)19-7-5-13-3-2-4-15(17)9-13/h2-4,9,12,14H,5-8,10-11,18H2,1H3,(H,19,21). The highest BCUT2D eigenvalue weighted by molar-refractivity contribution is 6.30. The molecule has 1 aliphatic heterocycles. The molecule has 0 spiro atoms. The highest BCUT2D eigenvalue weighted by Crippen LogP contribution is 2.17. The van der Waals surface area contributed by atoms with E-state index in [0.717, 1.165) is 36.5 Å². The quantitative estimate of drug-likeness (QED) is 0.840. The van der Waals surface area contributed by atoms with Gasteiger partial charge in [-0.15, -0.1) is 0 Å². The predicted octanol–water partition coefficient (Wildman–Crippen LogP) is 1.67. The van der Waals surface area contributed by atoms with Crippen molar-refractivity contribution in [3.63, 3.8) is 0 Å². The Morgan fingerprint density at radius 3 is 3.05 bits per heavy atom. The number of halogens is 1. The molecule has 1 aromatic rings. The summed E-state index contributed by atoms with van der Waals surface area (Å²) in [4.78, 5) is 14.1. The van der Waals surface area contributed by atoms with Crippen LogP contribution in [0.1, 0.15) is 18.9 Å². The van der Waals surface area contributed by atoms with Gasteiger partial charge in [0.1, 0.15) is 0 Å². The molecule has 116 valence electrons. The third kappa shape index (κ3) is 5.30. The Labute approximate surface area is 131 Å². The average Bonchev–Trinajstić information content (AvgIpc) is 2.87. The fourth-order valence-electron chi connectivity index (χ4n) is 2.73. The first-order valence-corrected chi connectivity index (χ1v) is 7.91. The summed E-state index contributed by atoms with van der Waals surface area (Å²) in [6, 6.07) is 7.94. The highest BCUT2D eigenvalue weighted by atomic mass is 35.5. The molecular formula is C16H24ClN3O. The summed E-state index contributed by atoms with van der Waals surface area (Å²) < 4.78 is 0. The Morgan fingerprint density at radius 2 is 2.38 bits per heavy atom. The molecule has 2 unspecified atom stereocenters. The van der Waals surface area contributed by atoms with E-state index in [1.54, 1.807) is 0 Å². The molecule has 0 radical (unpaired) electrons. The largest absolute Gasteiger partial charge is 0.355 e. The number of carbonyl (C=O) groups is 1. The second-order valence-electron chi connectivity index (χ2n) is 5.87. The number of likely N-dealkylation sites (tertiary alicyclic amines) is 1. The van der Waals surface area contributed by atoms with Gasteiger partial charge >= 0.3 is 0 Å². The minimum atomic E-state index is 0.0855. The lowest BCUT2D eigenvalue weighted by Crippen LogP contribution is -2.38. The monoisotopic (exact) mass is 309 g/mol. The molecule has 21 heavy (non-hydrogen) atoms. The minimum absolute atomic E-state index is 0.0855. The molecule has 0 aliphatic carbocycles. The number of rotatable bonds is 6.